The van der Waals surface area contributed by atoms with E-state index in [1.54, 1.807) is 12.1 Å². The van der Waals surface area contributed by atoms with Gasteiger partial charge in [0.1, 0.15) is 12.3 Å². The van der Waals surface area contributed by atoms with E-state index in [0.29, 0.717) is 6.42 Å². The number of benzene rings is 1. The van der Waals surface area contributed by atoms with Crippen molar-refractivity contribution in [2.45, 2.75) is 12.5 Å². The van der Waals surface area contributed by atoms with Crippen LogP contribution in [0.4, 0.5) is 0 Å². The number of carbonyl (C=O) groups is 2. The zero-order valence-electron chi connectivity index (χ0n) is 11.0. The summed E-state index contributed by atoms with van der Waals surface area (Å²) < 4.78 is 4.48. The fraction of sp³-hybridized carbons (Fsp3) is 0.385. The van der Waals surface area contributed by atoms with E-state index in [-0.39, 0.29) is 18.2 Å². The molecular formula is C13H18N2O4. The molecule has 1 aromatic carbocycles. The van der Waals surface area contributed by atoms with E-state index in [4.69, 9.17) is 10.8 Å². The van der Waals surface area contributed by atoms with Crippen molar-refractivity contribution in [1.29, 1.82) is 0 Å². The molecule has 0 fully saturated rings. The van der Waals surface area contributed by atoms with Gasteiger partial charge in [-0.2, -0.15) is 0 Å². The van der Waals surface area contributed by atoms with Gasteiger partial charge in [-0.25, -0.2) is 0 Å². The first-order valence-corrected chi connectivity index (χ1v) is 5.79. The smallest absolute Gasteiger partial charge is 0.325 e. The lowest BCUT2D eigenvalue weighted by molar-refractivity contribution is -0.146. The van der Waals surface area contributed by atoms with Crippen LogP contribution in [0.15, 0.2) is 24.3 Å². The van der Waals surface area contributed by atoms with Gasteiger partial charge in [0.15, 0.2) is 0 Å². The molecule has 0 aliphatic heterocycles. The highest BCUT2D eigenvalue weighted by Gasteiger charge is 2.20. The summed E-state index contributed by atoms with van der Waals surface area (Å²) in [6.07, 6.45) is 0.338. The summed E-state index contributed by atoms with van der Waals surface area (Å²) in [5, 5.41) is 9.16. The van der Waals surface area contributed by atoms with Crippen LogP contribution >= 0.6 is 0 Å². The van der Waals surface area contributed by atoms with Crippen molar-refractivity contribution < 1.29 is 19.4 Å². The monoisotopic (exact) mass is 266 g/mol. The number of hydrogen-bond donors (Lipinski definition) is 2. The third-order valence-electron chi connectivity index (χ3n) is 2.68. The van der Waals surface area contributed by atoms with Crippen molar-refractivity contribution in [1.82, 2.24) is 4.90 Å². The van der Waals surface area contributed by atoms with Crippen LogP contribution < -0.4 is 5.73 Å². The predicted octanol–water partition coefficient (Wildman–Crippen LogP) is -0.107. The van der Waals surface area contributed by atoms with Gasteiger partial charge in [0.2, 0.25) is 5.91 Å². The highest BCUT2D eigenvalue weighted by atomic mass is 16.5. The molecule has 0 saturated heterocycles. The largest absolute Gasteiger partial charge is 0.508 e. The lowest BCUT2D eigenvalue weighted by Crippen LogP contribution is -2.45. The Morgan fingerprint density at radius 1 is 1.37 bits per heavy atom. The molecule has 0 radical (unpaired) electrons. The summed E-state index contributed by atoms with van der Waals surface area (Å²) in [4.78, 5) is 24.2. The number of carbonyl (C=O) groups excluding carboxylic acids is 2. The first-order valence-electron chi connectivity index (χ1n) is 5.79. The number of phenolic OH excluding ortho intramolecular Hbond substituents is 1. The van der Waals surface area contributed by atoms with Gasteiger partial charge in [-0.1, -0.05) is 12.1 Å². The molecule has 0 bridgehead atoms. The molecule has 0 spiro atoms. The first-order chi connectivity index (χ1) is 8.93. The number of nitrogens with two attached hydrogens (primary N) is 1. The van der Waals surface area contributed by atoms with Gasteiger partial charge in [0, 0.05) is 7.05 Å². The van der Waals surface area contributed by atoms with Crippen molar-refractivity contribution in [3.8, 4) is 5.75 Å². The average Bonchev–Trinajstić information content (AvgIpc) is 2.40. The maximum atomic E-state index is 11.9. The summed E-state index contributed by atoms with van der Waals surface area (Å²) in [5.74, 6) is -0.669. The van der Waals surface area contributed by atoms with Crippen LogP contribution in [-0.2, 0) is 20.7 Å². The van der Waals surface area contributed by atoms with Crippen molar-refractivity contribution in [2.24, 2.45) is 5.73 Å². The van der Waals surface area contributed by atoms with Crippen molar-refractivity contribution >= 4 is 11.9 Å². The Morgan fingerprint density at radius 3 is 2.47 bits per heavy atom. The number of amides is 1. The van der Waals surface area contributed by atoms with Gasteiger partial charge in [0.05, 0.1) is 13.2 Å². The van der Waals surface area contributed by atoms with Gasteiger partial charge < -0.3 is 20.5 Å². The van der Waals surface area contributed by atoms with Crippen LogP contribution in [-0.4, -0.2) is 48.6 Å². The molecule has 6 heteroatoms. The highest BCUT2D eigenvalue weighted by Crippen LogP contribution is 2.11. The second-order valence-corrected chi connectivity index (χ2v) is 4.25. The Kier molecular flexibility index (Phi) is 5.32. The minimum atomic E-state index is -0.737. The number of likely N-dealkylation sites (N-methyl/N-ethyl adjacent to an activating group) is 1. The van der Waals surface area contributed by atoms with E-state index < -0.39 is 12.0 Å². The second kappa shape index (κ2) is 6.75. The molecule has 0 saturated carbocycles. The van der Waals surface area contributed by atoms with Gasteiger partial charge in [-0.15, -0.1) is 0 Å². The molecule has 1 atom stereocenters. The molecule has 1 rings (SSSR count). The lowest BCUT2D eigenvalue weighted by Gasteiger charge is -2.20. The van der Waals surface area contributed by atoms with Gasteiger partial charge in [-0.3, -0.25) is 9.59 Å². The Bertz CT molecular complexity index is 444. The van der Waals surface area contributed by atoms with Gasteiger partial charge >= 0.3 is 5.97 Å². The number of ether oxygens (including phenoxy) is 1. The fourth-order valence-corrected chi connectivity index (χ4v) is 1.59. The molecule has 6 nitrogen and oxygen atoms in total. The quantitative estimate of drug-likeness (QED) is 0.726. The second-order valence-electron chi connectivity index (χ2n) is 4.25. The first kappa shape index (κ1) is 15.0. The minimum absolute atomic E-state index is 0.126. The Balaban J connectivity index is 2.57. The normalized spacial score (nSPS) is 11.7. The Hall–Kier alpha value is -2.08. The number of phenols is 1. The lowest BCUT2D eigenvalue weighted by atomic mass is 10.1. The fourth-order valence-electron chi connectivity index (χ4n) is 1.59. The zero-order chi connectivity index (χ0) is 14.4. The van der Waals surface area contributed by atoms with E-state index in [0.717, 1.165) is 5.56 Å². The molecule has 104 valence electrons. The van der Waals surface area contributed by atoms with Crippen LogP contribution in [0.3, 0.4) is 0 Å². The molecule has 19 heavy (non-hydrogen) atoms. The number of methoxy groups -OCH3 is 1. The van der Waals surface area contributed by atoms with Gasteiger partial charge in [-0.05, 0) is 24.1 Å². The molecule has 1 amide bonds. The molecule has 0 aromatic heterocycles. The number of rotatable bonds is 5. The van der Waals surface area contributed by atoms with Crippen LogP contribution in [0.5, 0.6) is 5.75 Å². The van der Waals surface area contributed by atoms with E-state index >= 15 is 0 Å². The SMILES string of the molecule is COC(=O)CN(C)C(=O)[C@@H](N)Cc1ccc(O)cc1. The molecule has 0 aliphatic carbocycles. The predicted molar refractivity (Wildman–Crippen MR) is 69.4 cm³/mol. The molecule has 0 aliphatic rings. The van der Waals surface area contributed by atoms with Crippen LogP contribution in [0.1, 0.15) is 5.56 Å². The van der Waals surface area contributed by atoms with Crippen LogP contribution in [0.25, 0.3) is 0 Å². The van der Waals surface area contributed by atoms with E-state index in [1.165, 1.54) is 31.2 Å². The third-order valence-corrected chi connectivity index (χ3v) is 2.68. The third kappa shape index (κ3) is 4.59. The van der Waals surface area contributed by atoms with Crippen molar-refractivity contribution in [3.63, 3.8) is 0 Å². The molecular weight excluding hydrogens is 248 g/mol. The summed E-state index contributed by atoms with van der Waals surface area (Å²) in [5.41, 5.74) is 6.64. The van der Waals surface area contributed by atoms with Crippen LogP contribution in [0.2, 0.25) is 0 Å². The summed E-state index contributed by atoms with van der Waals surface area (Å²) >= 11 is 0. The number of nitrogens with zero attached hydrogens (tertiary/aromatic N) is 1. The number of esters is 1. The highest BCUT2D eigenvalue weighted by molar-refractivity contribution is 5.85. The van der Waals surface area contributed by atoms with Crippen molar-refractivity contribution in [3.05, 3.63) is 29.8 Å². The standard InChI is InChI=1S/C13H18N2O4/c1-15(8-12(17)19-2)13(18)11(14)7-9-3-5-10(16)6-4-9/h3-6,11,16H,7-8,14H2,1-2H3/t11-/m0/s1. The number of hydrogen-bond acceptors (Lipinski definition) is 5. The Labute approximate surface area is 111 Å². The Morgan fingerprint density at radius 2 is 1.95 bits per heavy atom. The average molecular weight is 266 g/mol. The van der Waals surface area contributed by atoms with Crippen molar-refractivity contribution in [2.75, 3.05) is 20.7 Å². The topological polar surface area (TPSA) is 92.9 Å². The molecule has 0 heterocycles. The van der Waals surface area contributed by atoms with E-state index in [1.807, 2.05) is 0 Å². The zero-order valence-corrected chi connectivity index (χ0v) is 11.0. The number of aromatic hydroxyl groups is 1. The van der Waals surface area contributed by atoms with E-state index in [2.05, 4.69) is 4.74 Å². The molecule has 0 unspecified atom stereocenters. The maximum absolute atomic E-state index is 11.9. The summed E-state index contributed by atoms with van der Waals surface area (Å²) in [6, 6.07) is 5.72. The maximum Gasteiger partial charge on any atom is 0.325 e. The van der Waals surface area contributed by atoms with Gasteiger partial charge in [0.25, 0.3) is 0 Å². The molecule has 1 aromatic rings. The minimum Gasteiger partial charge on any atom is -0.508 e. The van der Waals surface area contributed by atoms with Crippen LogP contribution in [0, 0.1) is 0 Å². The summed E-state index contributed by atoms with van der Waals surface area (Å²) in [7, 11) is 2.76. The molecule has 3 N–H and O–H groups in total. The summed E-state index contributed by atoms with van der Waals surface area (Å²) in [6.45, 7) is -0.126. The van der Waals surface area contributed by atoms with E-state index in [9.17, 15) is 9.59 Å².